The van der Waals surface area contributed by atoms with Gasteiger partial charge in [0.1, 0.15) is 5.82 Å². The Morgan fingerprint density at radius 2 is 2.11 bits per heavy atom. The van der Waals surface area contributed by atoms with Gasteiger partial charge < -0.3 is 10.5 Å². The van der Waals surface area contributed by atoms with E-state index >= 15 is 0 Å². The lowest BCUT2D eigenvalue weighted by Crippen LogP contribution is -2.06. The van der Waals surface area contributed by atoms with Crippen molar-refractivity contribution in [2.75, 3.05) is 13.7 Å². The van der Waals surface area contributed by atoms with E-state index in [1.807, 2.05) is 18.2 Å². The largest absolute Gasteiger partial charge is 0.481 e. The maximum atomic E-state index is 5.51. The molecule has 2 rings (SSSR count). The van der Waals surface area contributed by atoms with E-state index in [1.165, 1.54) is 0 Å². The van der Waals surface area contributed by atoms with Gasteiger partial charge in [0.25, 0.3) is 0 Å². The van der Waals surface area contributed by atoms with Crippen LogP contribution in [0.4, 0.5) is 0 Å². The molecule has 0 aromatic carbocycles. The van der Waals surface area contributed by atoms with Crippen LogP contribution in [0.2, 0.25) is 0 Å². The van der Waals surface area contributed by atoms with Gasteiger partial charge in [0, 0.05) is 37.0 Å². The molecule has 0 fully saturated rings. The van der Waals surface area contributed by atoms with Crippen LogP contribution in [-0.4, -0.2) is 28.6 Å². The first-order valence-corrected chi connectivity index (χ1v) is 5.81. The fourth-order valence-corrected chi connectivity index (χ4v) is 1.63. The number of hydrogen-bond acceptors (Lipinski definition) is 5. The van der Waals surface area contributed by atoms with Crippen LogP contribution in [0.1, 0.15) is 17.1 Å². The Morgan fingerprint density at radius 3 is 2.78 bits per heavy atom. The molecule has 5 heteroatoms. The van der Waals surface area contributed by atoms with E-state index in [1.54, 1.807) is 19.5 Å². The van der Waals surface area contributed by atoms with E-state index in [0.29, 0.717) is 18.8 Å². The molecule has 0 unspecified atom stereocenters. The molecule has 0 amide bonds. The van der Waals surface area contributed by atoms with Gasteiger partial charge in [0.05, 0.1) is 7.11 Å². The first-order chi connectivity index (χ1) is 8.81. The van der Waals surface area contributed by atoms with Gasteiger partial charge in [-0.3, -0.25) is 0 Å². The van der Waals surface area contributed by atoms with Crippen molar-refractivity contribution in [2.24, 2.45) is 5.73 Å². The monoisotopic (exact) mass is 244 g/mol. The van der Waals surface area contributed by atoms with E-state index in [0.717, 1.165) is 23.5 Å². The van der Waals surface area contributed by atoms with Gasteiger partial charge >= 0.3 is 0 Å². The van der Waals surface area contributed by atoms with Gasteiger partial charge in [-0.05, 0) is 18.2 Å². The van der Waals surface area contributed by atoms with Gasteiger partial charge in [0.2, 0.25) is 5.88 Å². The van der Waals surface area contributed by atoms with E-state index < -0.39 is 0 Å². The van der Waals surface area contributed by atoms with Crippen LogP contribution in [0, 0.1) is 0 Å². The van der Waals surface area contributed by atoms with Crippen molar-refractivity contribution in [2.45, 2.75) is 12.8 Å². The Hall–Kier alpha value is -2.01. The van der Waals surface area contributed by atoms with E-state index in [4.69, 9.17) is 10.5 Å². The molecule has 0 saturated heterocycles. The van der Waals surface area contributed by atoms with Gasteiger partial charge in [-0.15, -0.1) is 0 Å². The first kappa shape index (κ1) is 12.4. The molecule has 0 radical (unpaired) electrons. The minimum Gasteiger partial charge on any atom is -0.481 e. The van der Waals surface area contributed by atoms with Crippen LogP contribution in [-0.2, 0) is 12.8 Å². The molecule has 18 heavy (non-hydrogen) atoms. The van der Waals surface area contributed by atoms with Crippen LogP contribution < -0.4 is 10.5 Å². The minimum atomic E-state index is 0.598. The minimum absolute atomic E-state index is 0.598. The second-order valence-electron chi connectivity index (χ2n) is 3.89. The third-order valence-electron chi connectivity index (χ3n) is 2.53. The van der Waals surface area contributed by atoms with E-state index in [9.17, 15) is 0 Å². The van der Waals surface area contributed by atoms with Crippen LogP contribution in [0.15, 0.2) is 30.6 Å². The molecular formula is C13H16N4O. The molecule has 2 N–H and O–H groups in total. The highest BCUT2D eigenvalue weighted by Crippen LogP contribution is 2.09. The van der Waals surface area contributed by atoms with Crippen molar-refractivity contribution >= 4 is 0 Å². The summed E-state index contributed by atoms with van der Waals surface area (Å²) in [7, 11) is 1.60. The average molecular weight is 244 g/mol. The molecule has 0 saturated carbocycles. The predicted molar refractivity (Wildman–Crippen MR) is 68.4 cm³/mol. The molecule has 0 aliphatic rings. The second kappa shape index (κ2) is 6.07. The SMILES string of the molecule is COc1ccc(Cc2nccc(CCN)n2)cn1. The number of rotatable bonds is 5. The van der Waals surface area contributed by atoms with E-state index in [2.05, 4.69) is 15.0 Å². The number of hydrogen-bond donors (Lipinski definition) is 1. The van der Waals surface area contributed by atoms with Gasteiger partial charge in [-0.2, -0.15) is 0 Å². The van der Waals surface area contributed by atoms with Gasteiger partial charge in [0.15, 0.2) is 0 Å². The lowest BCUT2D eigenvalue weighted by molar-refractivity contribution is 0.397. The van der Waals surface area contributed by atoms with Crippen molar-refractivity contribution in [3.8, 4) is 5.88 Å². The molecule has 0 aliphatic heterocycles. The molecule has 2 heterocycles. The van der Waals surface area contributed by atoms with Crippen LogP contribution in [0.5, 0.6) is 5.88 Å². The van der Waals surface area contributed by atoms with Gasteiger partial charge in [-0.1, -0.05) is 6.07 Å². The normalized spacial score (nSPS) is 10.3. The fourth-order valence-electron chi connectivity index (χ4n) is 1.63. The molecular weight excluding hydrogens is 228 g/mol. The number of nitrogens with two attached hydrogens (primary N) is 1. The molecule has 2 aromatic heterocycles. The topological polar surface area (TPSA) is 73.9 Å². The number of nitrogens with zero attached hydrogens (tertiary/aromatic N) is 3. The lowest BCUT2D eigenvalue weighted by atomic mass is 10.2. The highest BCUT2D eigenvalue weighted by Gasteiger charge is 2.02. The van der Waals surface area contributed by atoms with Crippen LogP contribution >= 0.6 is 0 Å². The zero-order chi connectivity index (χ0) is 12.8. The summed E-state index contributed by atoms with van der Waals surface area (Å²) in [5.74, 6) is 1.39. The maximum absolute atomic E-state index is 5.51. The summed E-state index contributed by atoms with van der Waals surface area (Å²) in [6, 6.07) is 5.69. The van der Waals surface area contributed by atoms with Crippen molar-refractivity contribution < 1.29 is 4.74 Å². The Labute approximate surface area is 106 Å². The standard InChI is InChI=1S/C13H16N4O/c1-18-13-3-2-10(9-16-13)8-12-15-7-5-11(17-12)4-6-14/h2-3,5,7,9H,4,6,8,14H2,1H3. The summed E-state index contributed by atoms with van der Waals surface area (Å²) in [6.07, 6.45) is 4.98. The zero-order valence-corrected chi connectivity index (χ0v) is 10.3. The highest BCUT2D eigenvalue weighted by atomic mass is 16.5. The molecule has 0 spiro atoms. The molecule has 0 aliphatic carbocycles. The smallest absolute Gasteiger partial charge is 0.212 e. The Morgan fingerprint density at radius 1 is 1.22 bits per heavy atom. The Balaban J connectivity index is 2.09. The number of methoxy groups -OCH3 is 1. The third-order valence-corrected chi connectivity index (χ3v) is 2.53. The highest BCUT2D eigenvalue weighted by molar-refractivity contribution is 5.21. The zero-order valence-electron chi connectivity index (χ0n) is 10.3. The van der Waals surface area contributed by atoms with Gasteiger partial charge in [-0.25, -0.2) is 15.0 Å². The lowest BCUT2D eigenvalue weighted by Gasteiger charge is -2.04. The summed E-state index contributed by atoms with van der Waals surface area (Å²) < 4.78 is 5.01. The van der Waals surface area contributed by atoms with Crippen molar-refractivity contribution in [3.63, 3.8) is 0 Å². The van der Waals surface area contributed by atoms with Crippen molar-refractivity contribution in [1.29, 1.82) is 0 Å². The quantitative estimate of drug-likeness (QED) is 0.848. The van der Waals surface area contributed by atoms with E-state index in [-0.39, 0.29) is 0 Å². The molecule has 2 aromatic rings. The van der Waals surface area contributed by atoms with Crippen LogP contribution in [0.3, 0.4) is 0 Å². The summed E-state index contributed by atoms with van der Waals surface area (Å²) in [5.41, 5.74) is 7.54. The Kier molecular flexibility index (Phi) is 4.20. The number of ether oxygens (including phenoxy) is 1. The first-order valence-electron chi connectivity index (χ1n) is 5.81. The molecule has 94 valence electrons. The second-order valence-corrected chi connectivity index (χ2v) is 3.89. The summed E-state index contributed by atoms with van der Waals surface area (Å²) in [6.45, 7) is 0.598. The van der Waals surface area contributed by atoms with Crippen molar-refractivity contribution in [3.05, 3.63) is 47.7 Å². The number of aromatic nitrogens is 3. The average Bonchev–Trinajstić information content (AvgIpc) is 2.40. The number of pyridine rings is 1. The summed E-state index contributed by atoms with van der Waals surface area (Å²) in [5, 5.41) is 0. The van der Waals surface area contributed by atoms with Crippen molar-refractivity contribution in [1.82, 2.24) is 15.0 Å². The third kappa shape index (κ3) is 3.24. The fraction of sp³-hybridized carbons (Fsp3) is 0.308. The summed E-state index contributed by atoms with van der Waals surface area (Å²) >= 11 is 0. The summed E-state index contributed by atoms with van der Waals surface area (Å²) in [4.78, 5) is 12.9. The maximum Gasteiger partial charge on any atom is 0.212 e. The predicted octanol–water partition coefficient (Wildman–Crippen LogP) is 0.972. The van der Waals surface area contributed by atoms with Crippen LogP contribution in [0.25, 0.3) is 0 Å². The molecule has 5 nitrogen and oxygen atoms in total. The molecule has 0 atom stereocenters. The Bertz CT molecular complexity index is 499. The molecule has 0 bridgehead atoms.